The van der Waals surface area contributed by atoms with Crippen LogP contribution in [0.1, 0.15) is 31.5 Å². The van der Waals surface area contributed by atoms with Crippen LogP contribution in [-0.4, -0.2) is 32.8 Å². The van der Waals surface area contributed by atoms with Crippen LogP contribution in [0, 0.1) is 0 Å². The van der Waals surface area contributed by atoms with Gasteiger partial charge in [0.05, 0.1) is 0 Å². The van der Waals surface area contributed by atoms with E-state index in [1.807, 2.05) is 30.6 Å². The molecule has 1 fully saturated rings. The zero-order valence-corrected chi connectivity index (χ0v) is 12.6. The van der Waals surface area contributed by atoms with E-state index in [9.17, 15) is 0 Å². The lowest BCUT2D eigenvalue weighted by Gasteiger charge is -2.31. The Bertz CT molecular complexity index is 745. The van der Waals surface area contributed by atoms with Gasteiger partial charge in [-0.05, 0) is 31.9 Å². The van der Waals surface area contributed by atoms with Crippen molar-refractivity contribution in [1.82, 2.24) is 19.7 Å². The predicted octanol–water partition coefficient (Wildman–Crippen LogP) is 2.82. The number of fused-ring (bicyclic) bond motifs is 1. The van der Waals surface area contributed by atoms with Gasteiger partial charge in [0.1, 0.15) is 17.7 Å². The second kappa shape index (κ2) is 5.44. The number of nitrogens with zero attached hydrogens (tertiary/aromatic N) is 5. The van der Waals surface area contributed by atoms with E-state index in [4.69, 9.17) is 4.42 Å². The van der Waals surface area contributed by atoms with Crippen molar-refractivity contribution >= 4 is 17.1 Å². The molecule has 0 saturated carbocycles. The van der Waals surface area contributed by atoms with E-state index in [-0.39, 0.29) is 0 Å². The number of aryl methyl sites for hydroxylation is 1. The summed E-state index contributed by atoms with van der Waals surface area (Å²) in [5.74, 6) is 1.45. The maximum Gasteiger partial charge on any atom is 0.298 e. The minimum Gasteiger partial charge on any atom is -0.423 e. The molecular formula is C16H19N5O. The van der Waals surface area contributed by atoms with Gasteiger partial charge in [0.25, 0.3) is 6.01 Å². The summed E-state index contributed by atoms with van der Waals surface area (Å²) in [4.78, 5) is 6.84. The van der Waals surface area contributed by atoms with Gasteiger partial charge < -0.3 is 13.9 Å². The zero-order chi connectivity index (χ0) is 14.9. The quantitative estimate of drug-likeness (QED) is 0.744. The van der Waals surface area contributed by atoms with E-state index >= 15 is 0 Å². The standard InChI is InChI=1S/C16H19N5O/c1-2-20-11-17-19-15(20)12-6-5-9-21(10-12)16-18-13-7-3-4-8-14(13)22-16/h3-4,7-8,11-12H,2,5-6,9-10H2,1H3/t12-/m0/s1. The molecular weight excluding hydrogens is 278 g/mol. The minimum atomic E-state index is 0.381. The first-order valence-corrected chi connectivity index (χ1v) is 7.83. The third kappa shape index (κ3) is 2.24. The van der Waals surface area contributed by atoms with Crippen LogP contribution in [0.5, 0.6) is 0 Å². The molecule has 0 spiro atoms. The molecule has 114 valence electrons. The largest absolute Gasteiger partial charge is 0.423 e. The highest BCUT2D eigenvalue weighted by atomic mass is 16.4. The summed E-state index contributed by atoms with van der Waals surface area (Å²) in [5, 5.41) is 8.37. The molecule has 22 heavy (non-hydrogen) atoms. The Balaban J connectivity index is 1.60. The summed E-state index contributed by atoms with van der Waals surface area (Å²) in [5.41, 5.74) is 1.76. The van der Waals surface area contributed by atoms with Gasteiger partial charge in [0.15, 0.2) is 5.58 Å². The molecule has 3 heterocycles. The van der Waals surface area contributed by atoms with Gasteiger partial charge in [-0.15, -0.1) is 10.2 Å². The van der Waals surface area contributed by atoms with Crippen molar-refractivity contribution in [3.05, 3.63) is 36.4 Å². The molecule has 0 radical (unpaired) electrons. The van der Waals surface area contributed by atoms with Gasteiger partial charge in [-0.3, -0.25) is 0 Å². The summed E-state index contributed by atoms with van der Waals surface area (Å²) in [7, 11) is 0. The maximum absolute atomic E-state index is 5.90. The van der Waals surface area contributed by atoms with Crippen molar-refractivity contribution in [2.75, 3.05) is 18.0 Å². The fraction of sp³-hybridized carbons (Fsp3) is 0.438. The molecule has 2 aromatic heterocycles. The molecule has 6 nitrogen and oxygen atoms in total. The van der Waals surface area contributed by atoms with Gasteiger partial charge in [-0.2, -0.15) is 4.98 Å². The SMILES string of the molecule is CCn1cnnc1[C@H]1CCCN(c2nc3ccccc3o2)C1. The van der Waals surface area contributed by atoms with Crippen molar-refractivity contribution in [2.45, 2.75) is 32.2 Å². The molecule has 4 rings (SSSR count). The minimum absolute atomic E-state index is 0.381. The van der Waals surface area contributed by atoms with Gasteiger partial charge in [-0.25, -0.2) is 0 Å². The average molecular weight is 297 g/mol. The van der Waals surface area contributed by atoms with Crippen LogP contribution in [0.3, 0.4) is 0 Å². The molecule has 1 aromatic carbocycles. The highest BCUT2D eigenvalue weighted by molar-refractivity contribution is 5.74. The van der Waals surface area contributed by atoms with Crippen LogP contribution in [0.2, 0.25) is 0 Å². The number of hydrogen-bond acceptors (Lipinski definition) is 5. The van der Waals surface area contributed by atoms with Gasteiger partial charge in [0.2, 0.25) is 0 Å². The molecule has 0 N–H and O–H groups in total. The number of aromatic nitrogens is 4. The Morgan fingerprint density at radius 1 is 1.32 bits per heavy atom. The Labute approximate surface area is 128 Å². The molecule has 0 bridgehead atoms. The highest BCUT2D eigenvalue weighted by Gasteiger charge is 2.27. The summed E-state index contributed by atoms with van der Waals surface area (Å²) < 4.78 is 8.03. The third-order valence-electron chi connectivity index (χ3n) is 4.33. The van der Waals surface area contributed by atoms with Crippen molar-refractivity contribution < 1.29 is 4.42 Å². The molecule has 1 aliphatic heterocycles. The summed E-state index contributed by atoms with van der Waals surface area (Å²) >= 11 is 0. The average Bonchev–Trinajstić information content (AvgIpc) is 3.21. The van der Waals surface area contributed by atoms with Crippen molar-refractivity contribution in [2.24, 2.45) is 0 Å². The van der Waals surface area contributed by atoms with Gasteiger partial charge in [-0.1, -0.05) is 12.1 Å². The molecule has 6 heteroatoms. The second-order valence-electron chi connectivity index (χ2n) is 5.72. The molecule has 1 saturated heterocycles. The number of piperidine rings is 1. The highest BCUT2D eigenvalue weighted by Crippen LogP contribution is 2.30. The first-order valence-electron chi connectivity index (χ1n) is 7.83. The molecule has 3 aromatic rings. The summed E-state index contributed by atoms with van der Waals surface area (Å²) in [6.45, 7) is 4.88. The lowest BCUT2D eigenvalue weighted by molar-refractivity contribution is 0.445. The fourth-order valence-corrected chi connectivity index (χ4v) is 3.18. The number of para-hydroxylation sites is 2. The normalized spacial score (nSPS) is 19.0. The molecule has 0 aliphatic carbocycles. The van der Waals surface area contributed by atoms with Crippen LogP contribution < -0.4 is 4.90 Å². The molecule has 0 unspecified atom stereocenters. The van der Waals surface area contributed by atoms with E-state index in [0.29, 0.717) is 11.9 Å². The molecule has 0 amide bonds. The summed E-state index contributed by atoms with van der Waals surface area (Å²) in [6, 6.07) is 8.61. The van der Waals surface area contributed by atoms with E-state index in [2.05, 4.69) is 31.6 Å². The van der Waals surface area contributed by atoms with Crippen LogP contribution >= 0.6 is 0 Å². The Kier molecular flexibility index (Phi) is 3.29. The summed E-state index contributed by atoms with van der Waals surface area (Å²) in [6.07, 6.45) is 4.06. The topological polar surface area (TPSA) is 60.0 Å². The van der Waals surface area contributed by atoms with Crippen LogP contribution in [-0.2, 0) is 6.54 Å². The monoisotopic (exact) mass is 297 g/mol. The van der Waals surface area contributed by atoms with Crippen molar-refractivity contribution in [1.29, 1.82) is 0 Å². The second-order valence-corrected chi connectivity index (χ2v) is 5.72. The molecule has 1 aliphatic rings. The first-order chi connectivity index (χ1) is 10.8. The van der Waals surface area contributed by atoms with E-state index < -0.39 is 0 Å². The molecule has 1 atom stereocenters. The predicted molar refractivity (Wildman–Crippen MR) is 83.9 cm³/mol. The smallest absolute Gasteiger partial charge is 0.298 e. The third-order valence-corrected chi connectivity index (χ3v) is 4.33. The number of hydrogen-bond donors (Lipinski definition) is 0. The van der Waals surface area contributed by atoms with Crippen molar-refractivity contribution in [3.8, 4) is 0 Å². The maximum atomic E-state index is 5.90. The van der Waals surface area contributed by atoms with Crippen molar-refractivity contribution in [3.63, 3.8) is 0 Å². The Morgan fingerprint density at radius 3 is 3.09 bits per heavy atom. The number of oxazole rings is 1. The first kappa shape index (κ1) is 13.3. The van der Waals surface area contributed by atoms with E-state index in [1.165, 1.54) is 0 Å². The van der Waals surface area contributed by atoms with E-state index in [1.54, 1.807) is 0 Å². The van der Waals surface area contributed by atoms with Gasteiger partial charge in [0, 0.05) is 25.6 Å². The fourth-order valence-electron chi connectivity index (χ4n) is 3.18. The zero-order valence-electron chi connectivity index (χ0n) is 12.6. The number of rotatable bonds is 3. The van der Waals surface area contributed by atoms with Crippen LogP contribution in [0.4, 0.5) is 6.01 Å². The van der Waals surface area contributed by atoms with Crippen LogP contribution in [0.15, 0.2) is 35.0 Å². The lowest BCUT2D eigenvalue weighted by atomic mass is 9.97. The Morgan fingerprint density at radius 2 is 2.23 bits per heavy atom. The number of anilines is 1. The van der Waals surface area contributed by atoms with E-state index in [0.717, 1.165) is 49.4 Å². The lowest BCUT2D eigenvalue weighted by Crippen LogP contribution is -2.35. The van der Waals surface area contributed by atoms with Gasteiger partial charge >= 0.3 is 0 Å². The number of benzene rings is 1. The Hall–Kier alpha value is -2.37. The van der Waals surface area contributed by atoms with Crippen LogP contribution in [0.25, 0.3) is 11.1 Å².